The molecule has 0 aliphatic rings. The lowest BCUT2D eigenvalue weighted by Crippen LogP contribution is -2.00. The van der Waals surface area contributed by atoms with Crippen LogP contribution < -0.4 is 9.47 Å². The van der Waals surface area contributed by atoms with Crippen molar-refractivity contribution in [3.8, 4) is 11.5 Å². The summed E-state index contributed by atoms with van der Waals surface area (Å²) in [6, 6.07) is 3.26. The molecule has 0 saturated carbocycles. The molecule has 0 spiro atoms. The van der Waals surface area contributed by atoms with E-state index in [0.29, 0.717) is 27.1 Å². The second kappa shape index (κ2) is 5.99. The highest BCUT2D eigenvalue weighted by atomic mass is 35.5. The zero-order chi connectivity index (χ0) is 12.1. The number of aliphatic hydroxyl groups is 1. The third-order valence-electron chi connectivity index (χ3n) is 1.84. The van der Waals surface area contributed by atoms with Crippen LogP contribution in [0.3, 0.4) is 0 Å². The summed E-state index contributed by atoms with van der Waals surface area (Å²) >= 11 is 11.6. The molecule has 0 aliphatic carbocycles. The van der Waals surface area contributed by atoms with Crippen molar-refractivity contribution in [1.82, 2.24) is 0 Å². The molecule has 16 heavy (non-hydrogen) atoms. The molecule has 0 unspecified atom stereocenters. The van der Waals surface area contributed by atoms with Crippen LogP contribution in [-0.2, 0) is 6.61 Å². The molecule has 1 aromatic carbocycles. The van der Waals surface area contributed by atoms with Crippen molar-refractivity contribution in [1.29, 1.82) is 0 Å². The second-order valence-electron chi connectivity index (χ2n) is 3.07. The molecule has 0 radical (unpaired) electrons. The summed E-state index contributed by atoms with van der Waals surface area (Å²) in [6.07, 6.45) is 0. The monoisotopic (exact) mass is 262 g/mol. The van der Waals surface area contributed by atoms with Crippen LogP contribution in [0.25, 0.3) is 0 Å². The summed E-state index contributed by atoms with van der Waals surface area (Å²) in [4.78, 5) is 0. The summed E-state index contributed by atoms with van der Waals surface area (Å²) in [5.41, 5.74) is 0.652. The highest BCUT2D eigenvalue weighted by molar-refractivity contribution is 6.32. The minimum Gasteiger partial charge on any atom is -0.493 e. The normalized spacial score (nSPS) is 10.0. The van der Waals surface area contributed by atoms with Gasteiger partial charge in [0.15, 0.2) is 11.5 Å². The summed E-state index contributed by atoms with van der Waals surface area (Å²) in [7, 11) is 1.50. The van der Waals surface area contributed by atoms with E-state index in [9.17, 15) is 0 Å². The van der Waals surface area contributed by atoms with Gasteiger partial charge in [0.05, 0.1) is 18.7 Å². The molecule has 0 saturated heterocycles. The molecule has 0 aliphatic heterocycles. The number of methoxy groups -OCH3 is 1. The van der Waals surface area contributed by atoms with E-state index in [1.54, 1.807) is 12.1 Å². The maximum absolute atomic E-state index is 9.00. The van der Waals surface area contributed by atoms with E-state index in [4.69, 9.17) is 37.8 Å². The highest BCUT2D eigenvalue weighted by Gasteiger charge is 2.11. The molecule has 0 aromatic heterocycles. The van der Waals surface area contributed by atoms with Crippen molar-refractivity contribution in [2.24, 2.45) is 0 Å². The SMILES string of the molecule is C=C(Cl)COc1c(Cl)cc(CO)cc1OC. The molecule has 88 valence electrons. The fraction of sp³-hybridized carbons (Fsp3) is 0.273. The molecule has 0 fully saturated rings. The molecule has 1 rings (SSSR count). The van der Waals surface area contributed by atoms with E-state index in [1.165, 1.54) is 7.11 Å². The molecule has 1 N–H and O–H groups in total. The average Bonchev–Trinajstić information content (AvgIpc) is 2.26. The van der Waals surface area contributed by atoms with Gasteiger partial charge >= 0.3 is 0 Å². The fourth-order valence-electron chi connectivity index (χ4n) is 1.16. The topological polar surface area (TPSA) is 38.7 Å². The molecule has 3 nitrogen and oxygen atoms in total. The Morgan fingerprint density at radius 3 is 2.69 bits per heavy atom. The van der Waals surface area contributed by atoms with Gasteiger partial charge in [0.2, 0.25) is 0 Å². The minimum absolute atomic E-state index is 0.113. The van der Waals surface area contributed by atoms with Crippen LogP contribution in [0.4, 0.5) is 0 Å². The van der Waals surface area contributed by atoms with Crippen LogP contribution in [-0.4, -0.2) is 18.8 Å². The van der Waals surface area contributed by atoms with Crippen molar-refractivity contribution in [3.05, 3.63) is 34.3 Å². The van der Waals surface area contributed by atoms with Crippen LogP contribution >= 0.6 is 23.2 Å². The van der Waals surface area contributed by atoms with Crippen molar-refractivity contribution in [2.45, 2.75) is 6.61 Å². The second-order valence-corrected chi connectivity index (χ2v) is 4.01. The van der Waals surface area contributed by atoms with Crippen LogP contribution in [0.2, 0.25) is 5.02 Å². The number of aliphatic hydroxyl groups excluding tert-OH is 1. The van der Waals surface area contributed by atoms with Gasteiger partial charge in [0.25, 0.3) is 0 Å². The van der Waals surface area contributed by atoms with Gasteiger partial charge in [-0.15, -0.1) is 0 Å². The molecule has 0 heterocycles. The fourth-order valence-corrected chi connectivity index (χ4v) is 1.50. The summed E-state index contributed by atoms with van der Waals surface area (Å²) in [5, 5.41) is 9.73. The molecular formula is C11H12Cl2O3. The first-order chi connectivity index (χ1) is 7.58. The molecule has 5 heteroatoms. The maximum atomic E-state index is 9.00. The Morgan fingerprint density at radius 2 is 2.19 bits per heavy atom. The first kappa shape index (κ1) is 13.2. The zero-order valence-corrected chi connectivity index (χ0v) is 10.3. The van der Waals surface area contributed by atoms with Crippen LogP contribution in [0.15, 0.2) is 23.7 Å². The van der Waals surface area contributed by atoms with Crippen molar-refractivity contribution in [3.63, 3.8) is 0 Å². The standard InChI is InChI=1S/C11H12Cl2O3/c1-7(12)6-16-11-9(13)3-8(5-14)4-10(11)15-2/h3-4,14H,1,5-6H2,2H3. The Labute approximate surface area is 104 Å². The van der Waals surface area contributed by atoms with Crippen molar-refractivity contribution in [2.75, 3.05) is 13.7 Å². The van der Waals surface area contributed by atoms with Crippen LogP contribution in [0.5, 0.6) is 11.5 Å². The number of rotatable bonds is 5. The Kier molecular flexibility index (Phi) is 4.93. The first-order valence-corrected chi connectivity index (χ1v) is 5.27. The number of ether oxygens (including phenoxy) is 2. The molecule has 0 amide bonds. The zero-order valence-electron chi connectivity index (χ0n) is 8.80. The largest absolute Gasteiger partial charge is 0.493 e. The first-order valence-electron chi connectivity index (χ1n) is 4.51. The Balaban J connectivity index is 3.01. The number of benzene rings is 1. The summed E-state index contributed by atoms with van der Waals surface area (Å²) in [5.74, 6) is 0.845. The summed E-state index contributed by atoms with van der Waals surface area (Å²) < 4.78 is 10.5. The molecule has 0 atom stereocenters. The predicted molar refractivity (Wildman–Crippen MR) is 64.4 cm³/mol. The number of hydrogen-bond donors (Lipinski definition) is 1. The lowest BCUT2D eigenvalue weighted by molar-refractivity contribution is 0.279. The van der Waals surface area contributed by atoms with Gasteiger partial charge in [-0.05, 0) is 17.7 Å². The Bertz CT molecular complexity index is 391. The van der Waals surface area contributed by atoms with E-state index < -0.39 is 0 Å². The van der Waals surface area contributed by atoms with E-state index in [1.807, 2.05) is 0 Å². The van der Waals surface area contributed by atoms with E-state index in [-0.39, 0.29) is 13.2 Å². The number of halogens is 2. The van der Waals surface area contributed by atoms with Crippen LogP contribution in [0.1, 0.15) is 5.56 Å². The van der Waals surface area contributed by atoms with Gasteiger partial charge in [-0.25, -0.2) is 0 Å². The average molecular weight is 263 g/mol. The maximum Gasteiger partial charge on any atom is 0.180 e. The van der Waals surface area contributed by atoms with E-state index >= 15 is 0 Å². The van der Waals surface area contributed by atoms with Crippen molar-refractivity contribution < 1.29 is 14.6 Å². The third kappa shape index (κ3) is 3.30. The highest BCUT2D eigenvalue weighted by Crippen LogP contribution is 2.36. The van der Waals surface area contributed by atoms with E-state index in [0.717, 1.165) is 0 Å². The van der Waals surface area contributed by atoms with E-state index in [2.05, 4.69) is 6.58 Å². The third-order valence-corrected chi connectivity index (χ3v) is 2.23. The molecule has 1 aromatic rings. The van der Waals surface area contributed by atoms with Gasteiger partial charge in [-0.2, -0.15) is 0 Å². The predicted octanol–water partition coefficient (Wildman–Crippen LogP) is 2.97. The molecule has 0 bridgehead atoms. The summed E-state index contributed by atoms with van der Waals surface area (Å²) in [6.45, 7) is 3.54. The van der Waals surface area contributed by atoms with Crippen LogP contribution in [0, 0.1) is 0 Å². The Morgan fingerprint density at radius 1 is 1.50 bits per heavy atom. The van der Waals surface area contributed by atoms with Crippen molar-refractivity contribution >= 4 is 23.2 Å². The lowest BCUT2D eigenvalue weighted by atomic mass is 10.2. The van der Waals surface area contributed by atoms with Gasteiger partial charge in [0.1, 0.15) is 6.61 Å². The smallest absolute Gasteiger partial charge is 0.180 e. The minimum atomic E-state index is -0.113. The quantitative estimate of drug-likeness (QED) is 0.887. The lowest BCUT2D eigenvalue weighted by Gasteiger charge is -2.13. The number of hydrogen-bond acceptors (Lipinski definition) is 3. The van der Waals surface area contributed by atoms with Gasteiger partial charge < -0.3 is 14.6 Å². The van der Waals surface area contributed by atoms with Gasteiger partial charge in [-0.1, -0.05) is 29.8 Å². The van der Waals surface area contributed by atoms with Gasteiger partial charge in [-0.3, -0.25) is 0 Å². The molecular weight excluding hydrogens is 251 g/mol. The Hall–Kier alpha value is -0.900. The van der Waals surface area contributed by atoms with Gasteiger partial charge in [0, 0.05) is 5.03 Å².